The molecule has 3 N–H and O–H groups in total. The topological polar surface area (TPSA) is 87.7 Å². The van der Waals surface area contributed by atoms with E-state index in [9.17, 15) is 14.7 Å². The van der Waals surface area contributed by atoms with Gasteiger partial charge in [0.2, 0.25) is 5.91 Å². The number of esters is 1. The van der Waals surface area contributed by atoms with Crippen LogP contribution in [0.25, 0.3) is 0 Å². The number of amides is 1. The van der Waals surface area contributed by atoms with Gasteiger partial charge in [-0.1, -0.05) is 6.92 Å². The summed E-state index contributed by atoms with van der Waals surface area (Å²) in [4.78, 5) is 22.5. The van der Waals surface area contributed by atoms with Crippen molar-refractivity contribution < 1.29 is 19.4 Å². The monoisotopic (exact) mass is 230 g/mol. The van der Waals surface area contributed by atoms with Crippen LogP contribution in [0.1, 0.15) is 6.92 Å². The van der Waals surface area contributed by atoms with Gasteiger partial charge in [0.05, 0.1) is 13.7 Å². The number of carbonyl (C=O) groups is 2. The molecule has 0 aromatic carbocycles. The van der Waals surface area contributed by atoms with Crippen LogP contribution in [0.2, 0.25) is 0 Å². The molecule has 1 aliphatic heterocycles. The normalized spacial score (nSPS) is 19.4. The third-order valence-electron chi connectivity index (χ3n) is 2.88. The predicted molar refractivity (Wildman–Crippen MR) is 56.6 cm³/mol. The van der Waals surface area contributed by atoms with Gasteiger partial charge in [-0.3, -0.25) is 4.79 Å². The van der Waals surface area contributed by atoms with Crippen LogP contribution in [0.4, 0.5) is 0 Å². The van der Waals surface area contributed by atoms with Crippen molar-refractivity contribution in [3.63, 3.8) is 0 Å². The average Bonchev–Trinajstić information content (AvgIpc) is 2.21. The van der Waals surface area contributed by atoms with E-state index in [0.717, 1.165) is 13.1 Å². The summed E-state index contributed by atoms with van der Waals surface area (Å²) in [6.07, 6.45) is -1.29. The maximum absolute atomic E-state index is 11.6. The summed E-state index contributed by atoms with van der Waals surface area (Å²) in [5.74, 6) is -0.644. The van der Waals surface area contributed by atoms with Crippen LogP contribution in [-0.4, -0.2) is 49.8 Å². The number of ether oxygens (including phenoxy) is 1. The van der Waals surface area contributed by atoms with E-state index in [0.29, 0.717) is 5.92 Å². The Labute approximate surface area is 94.3 Å². The number of hydrogen-bond donors (Lipinski definition) is 3. The molecule has 0 bridgehead atoms. The Morgan fingerprint density at radius 2 is 2.19 bits per heavy atom. The first-order chi connectivity index (χ1) is 7.56. The number of nitrogens with one attached hydrogen (secondary N) is 2. The second kappa shape index (κ2) is 5.81. The molecule has 0 saturated carbocycles. The van der Waals surface area contributed by atoms with E-state index in [1.54, 1.807) is 0 Å². The standard InChI is InChI=1S/C10H18N2O4/c1-6(7-3-11-4-7)9(14)12-5-8(13)10(15)16-2/h6-8,11,13H,3-5H2,1-2H3,(H,12,14). The van der Waals surface area contributed by atoms with Crippen molar-refractivity contribution in [2.24, 2.45) is 11.8 Å². The molecule has 0 aromatic heterocycles. The van der Waals surface area contributed by atoms with Crippen LogP contribution in [0.3, 0.4) is 0 Å². The van der Waals surface area contributed by atoms with E-state index < -0.39 is 12.1 Å². The second-order valence-corrected chi connectivity index (χ2v) is 3.99. The smallest absolute Gasteiger partial charge is 0.336 e. The molecule has 2 unspecified atom stereocenters. The molecule has 1 aliphatic rings. The van der Waals surface area contributed by atoms with E-state index in [1.165, 1.54) is 7.11 Å². The van der Waals surface area contributed by atoms with Gasteiger partial charge < -0.3 is 20.5 Å². The molecule has 1 amide bonds. The van der Waals surface area contributed by atoms with Crippen LogP contribution >= 0.6 is 0 Å². The molecule has 2 atom stereocenters. The lowest BCUT2D eigenvalue weighted by Crippen LogP contribution is -2.50. The number of methoxy groups -OCH3 is 1. The number of aliphatic hydroxyl groups is 1. The number of carbonyl (C=O) groups excluding carboxylic acids is 2. The van der Waals surface area contributed by atoms with E-state index in [4.69, 9.17) is 0 Å². The Morgan fingerprint density at radius 3 is 2.62 bits per heavy atom. The molecule has 1 heterocycles. The van der Waals surface area contributed by atoms with Gasteiger partial charge in [0.1, 0.15) is 0 Å². The maximum atomic E-state index is 11.6. The van der Waals surface area contributed by atoms with Gasteiger partial charge in [-0.05, 0) is 19.0 Å². The highest BCUT2D eigenvalue weighted by Crippen LogP contribution is 2.15. The molecular formula is C10H18N2O4. The first kappa shape index (κ1) is 12.9. The van der Waals surface area contributed by atoms with Crippen molar-refractivity contribution in [1.82, 2.24) is 10.6 Å². The quantitative estimate of drug-likeness (QED) is 0.500. The summed E-state index contributed by atoms with van der Waals surface area (Å²) in [6.45, 7) is 3.42. The van der Waals surface area contributed by atoms with E-state index in [2.05, 4.69) is 15.4 Å². The van der Waals surface area contributed by atoms with Gasteiger partial charge in [0.25, 0.3) is 0 Å². The minimum atomic E-state index is -1.29. The molecule has 0 aliphatic carbocycles. The average molecular weight is 230 g/mol. The highest BCUT2D eigenvalue weighted by molar-refractivity contribution is 5.80. The van der Waals surface area contributed by atoms with Crippen LogP contribution in [-0.2, 0) is 14.3 Å². The Morgan fingerprint density at radius 1 is 1.56 bits per heavy atom. The van der Waals surface area contributed by atoms with Crippen molar-refractivity contribution >= 4 is 11.9 Å². The zero-order chi connectivity index (χ0) is 12.1. The Kier molecular flexibility index (Phi) is 4.70. The predicted octanol–water partition coefficient (Wildman–Crippen LogP) is -1.51. The van der Waals surface area contributed by atoms with Crippen LogP contribution in [0.15, 0.2) is 0 Å². The van der Waals surface area contributed by atoms with E-state index in [-0.39, 0.29) is 18.4 Å². The number of aliphatic hydroxyl groups excluding tert-OH is 1. The third-order valence-corrected chi connectivity index (χ3v) is 2.88. The molecule has 0 aromatic rings. The minimum Gasteiger partial charge on any atom is -0.467 e. The van der Waals surface area contributed by atoms with Crippen molar-refractivity contribution in [3.8, 4) is 0 Å². The van der Waals surface area contributed by atoms with Gasteiger partial charge in [0.15, 0.2) is 6.10 Å². The molecule has 1 rings (SSSR count). The minimum absolute atomic E-state index is 0.101. The first-order valence-electron chi connectivity index (χ1n) is 5.30. The lowest BCUT2D eigenvalue weighted by molar-refractivity contribution is -0.150. The van der Waals surface area contributed by atoms with E-state index in [1.807, 2.05) is 6.92 Å². The Hall–Kier alpha value is -1.14. The highest BCUT2D eigenvalue weighted by Gasteiger charge is 2.29. The maximum Gasteiger partial charge on any atom is 0.336 e. The van der Waals surface area contributed by atoms with Gasteiger partial charge in [-0.25, -0.2) is 4.79 Å². The van der Waals surface area contributed by atoms with Gasteiger partial charge in [-0.15, -0.1) is 0 Å². The molecule has 92 valence electrons. The molecule has 6 nitrogen and oxygen atoms in total. The SMILES string of the molecule is COC(=O)C(O)CNC(=O)C(C)C1CNC1. The molecular weight excluding hydrogens is 212 g/mol. The molecule has 16 heavy (non-hydrogen) atoms. The largest absolute Gasteiger partial charge is 0.467 e. The molecule has 0 spiro atoms. The van der Waals surface area contributed by atoms with Crippen molar-refractivity contribution in [2.75, 3.05) is 26.7 Å². The third kappa shape index (κ3) is 3.18. The number of rotatable bonds is 5. The highest BCUT2D eigenvalue weighted by atomic mass is 16.5. The van der Waals surface area contributed by atoms with Crippen molar-refractivity contribution in [3.05, 3.63) is 0 Å². The Bertz CT molecular complexity index is 266. The molecule has 1 fully saturated rings. The van der Waals surface area contributed by atoms with Crippen LogP contribution < -0.4 is 10.6 Å². The fourth-order valence-corrected chi connectivity index (χ4v) is 1.46. The fraction of sp³-hybridized carbons (Fsp3) is 0.800. The summed E-state index contributed by atoms with van der Waals surface area (Å²) in [5, 5.41) is 14.9. The molecule has 0 radical (unpaired) electrons. The first-order valence-corrected chi connectivity index (χ1v) is 5.30. The van der Waals surface area contributed by atoms with Crippen molar-refractivity contribution in [1.29, 1.82) is 0 Å². The summed E-state index contributed by atoms with van der Waals surface area (Å²) in [6, 6.07) is 0. The summed E-state index contributed by atoms with van der Waals surface area (Å²) in [7, 11) is 1.19. The zero-order valence-electron chi connectivity index (χ0n) is 9.53. The fourth-order valence-electron chi connectivity index (χ4n) is 1.46. The van der Waals surface area contributed by atoms with Gasteiger partial charge >= 0.3 is 5.97 Å². The summed E-state index contributed by atoms with van der Waals surface area (Å²) >= 11 is 0. The second-order valence-electron chi connectivity index (χ2n) is 3.99. The summed E-state index contributed by atoms with van der Waals surface area (Å²) < 4.78 is 4.33. The van der Waals surface area contributed by atoms with Crippen LogP contribution in [0.5, 0.6) is 0 Å². The van der Waals surface area contributed by atoms with Crippen LogP contribution in [0, 0.1) is 11.8 Å². The lowest BCUT2D eigenvalue weighted by Gasteiger charge is -2.31. The van der Waals surface area contributed by atoms with Crippen molar-refractivity contribution in [2.45, 2.75) is 13.0 Å². The lowest BCUT2D eigenvalue weighted by atomic mass is 9.88. The molecule has 6 heteroatoms. The number of hydrogen-bond acceptors (Lipinski definition) is 5. The van der Waals surface area contributed by atoms with Gasteiger partial charge in [-0.2, -0.15) is 0 Å². The Balaban J connectivity index is 2.25. The van der Waals surface area contributed by atoms with E-state index >= 15 is 0 Å². The molecule has 1 saturated heterocycles. The van der Waals surface area contributed by atoms with Gasteiger partial charge in [0, 0.05) is 5.92 Å². The zero-order valence-corrected chi connectivity index (χ0v) is 9.53. The summed E-state index contributed by atoms with van der Waals surface area (Å²) in [5.41, 5.74) is 0.